The van der Waals surface area contributed by atoms with Crippen LogP contribution in [0.25, 0.3) is 22.2 Å². The van der Waals surface area contributed by atoms with Crippen molar-refractivity contribution >= 4 is 11.0 Å². The second-order valence-corrected chi connectivity index (χ2v) is 3.38. The van der Waals surface area contributed by atoms with E-state index in [9.17, 15) is 0 Å². The van der Waals surface area contributed by atoms with Gasteiger partial charge in [0.25, 0.3) is 0 Å². The van der Waals surface area contributed by atoms with Gasteiger partial charge in [0, 0.05) is 0 Å². The van der Waals surface area contributed by atoms with Gasteiger partial charge >= 0.3 is 0 Å². The van der Waals surface area contributed by atoms with Crippen LogP contribution < -0.4 is 0 Å². The molecular formula is C12H10N2. The van der Waals surface area contributed by atoms with Gasteiger partial charge in [-0.1, -0.05) is 36.4 Å². The summed E-state index contributed by atoms with van der Waals surface area (Å²) >= 11 is 0. The molecule has 0 bridgehead atoms. The zero-order valence-corrected chi connectivity index (χ0v) is 7.62. The molecule has 0 aliphatic carbocycles. The second-order valence-electron chi connectivity index (χ2n) is 3.38. The SMILES string of the molecule is c1ccc(-c2ccc3[nH][nH]c3c2)cc1. The van der Waals surface area contributed by atoms with Crippen molar-refractivity contribution < 1.29 is 0 Å². The molecule has 0 radical (unpaired) electrons. The predicted octanol–water partition coefficient (Wildman–Crippen LogP) is 3.16. The van der Waals surface area contributed by atoms with Crippen molar-refractivity contribution in [2.24, 2.45) is 0 Å². The van der Waals surface area contributed by atoms with E-state index in [1.54, 1.807) is 0 Å². The maximum Gasteiger partial charge on any atom is 0.0795 e. The number of hydrogen-bond donors (Lipinski definition) is 2. The Hall–Kier alpha value is -1.96. The first-order valence-electron chi connectivity index (χ1n) is 4.65. The van der Waals surface area contributed by atoms with Crippen molar-refractivity contribution in [3.8, 4) is 11.1 Å². The molecule has 2 aromatic carbocycles. The first-order valence-corrected chi connectivity index (χ1v) is 4.65. The molecule has 3 aromatic rings. The number of nitrogens with one attached hydrogen (secondary N) is 2. The first kappa shape index (κ1) is 7.44. The van der Waals surface area contributed by atoms with Gasteiger partial charge in [0.2, 0.25) is 0 Å². The lowest BCUT2D eigenvalue weighted by Gasteiger charge is -2.06. The minimum atomic E-state index is 1.17. The summed E-state index contributed by atoms with van der Waals surface area (Å²) in [6, 6.07) is 16.8. The summed E-state index contributed by atoms with van der Waals surface area (Å²) in [7, 11) is 0. The molecule has 0 saturated heterocycles. The molecule has 68 valence electrons. The largest absolute Gasteiger partial charge is 0.299 e. The number of fused-ring (bicyclic) bond motifs is 1. The van der Waals surface area contributed by atoms with Crippen LogP contribution >= 0.6 is 0 Å². The van der Waals surface area contributed by atoms with Gasteiger partial charge in [0.1, 0.15) is 0 Å². The summed E-state index contributed by atoms with van der Waals surface area (Å²) in [5, 5.41) is 6.07. The Kier molecular flexibility index (Phi) is 1.47. The highest BCUT2D eigenvalue weighted by molar-refractivity contribution is 5.82. The highest BCUT2D eigenvalue weighted by atomic mass is 15.1. The van der Waals surface area contributed by atoms with E-state index in [1.165, 1.54) is 22.2 Å². The fraction of sp³-hybridized carbons (Fsp3) is 0. The summed E-state index contributed by atoms with van der Waals surface area (Å²) in [5.41, 5.74) is 4.85. The number of aromatic nitrogens is 2. The first-order chi connectivity index (χ1) is 6.93. The molecule has 0 spiro atoms. The van der Waals surface area contributed by atoms with E-state index in [0.717, 1.165) is 0 Å². The summed E-state index contributed by atoms with van der Waals surface area (Å²) in [5.74, 6) is 0. The normalized spacial score (nSPS) is 10.9. The molecule has 0 saturated carbocycles. The molecule has 14 heavy (non-hydrogen) atoms. The van der Waals surface area contributed by atoms with E-state index in [1.807, 2.05) is 6.07 Å². The van der Waals surface area contributed by atoms with Gasteiger partial charge in [-0.2, -0.15) is 0 Å². The monoisotopic (exact) mass is 182 g/mol. The number of aromatic amines is 2. The molecule has 0 amide bonds. The smallest absolute Gasteiger partial charge is 0.0795 e. The standard InChI is InChI=1S/C12H10N2/c1-2-4-9(5-3-1)10-6-7-11-12(8-10)14-13-11/h1-8,13-14H. The van der Waals surface area contributed by atoms with Gasteiger partial charge in [0.05, 0.1) is 11.0 Å². The fourth-order valence-corrected chi connectivity index (χ4v) is 1.64. The van der Waals surface area contributed by atoms with Gasteiger partial charge in [-0.3, -0.25) is 10.2 Å². The molecule has 1 aromatic heterocycles. The number of rotatable bonds is 1. The number of H-pyrrole nitrogens is 2. The average molecular weight is 182 g/mol. The van der Waals surface area contributed by atoms with E-state index < -0.39 is 0 Å². The maximum absolute atomic E-state index is 3.05. The Morgan fingerprint density at radius 3 is 2.07 bits per heavy atom. The van der Waals surface area contributed by atoms with E-state index in [0.29, 0.717) is 0 Å². The molecule has 3 rings (SSSR count). The third-order valence-corrected chi connectivity index (χ3v) is 2.46. The number of hydrogen-bond acceptors (Lipinski definition) is 0. The molecule has 0 fully saturated rings. The van der Waals surface area contributed by atoms with Crippen molar-refractivity contribution in [2.45, 2.75) is 0 Å². The van der Waals surface area contributed by atoms with Crippen LogP contribution in [0.2, 0.25) is 0 Å². The Morgan fingerprint density at radius 2 is 1.43 bits per heavy atom. The van der Waals surface area contributed by atoms with Crippen LogP contribution in [0.1, 0.15) is 0 Å². The van der Waals surface area contributed by atoms with Gasteiger partial charge in [-0.05, 0) is 23.3 Å². The molecule has 1 heterocycles. The van der Waals surface area contributed by atoms with Crippen LogP contribution in [0, 0.1) is 0 Å². The summed E-state index contributed by atoms with van der Waals surface area (Å²) < 4.78 is 0. The predicted molar refractivity (Wildman–Crippen MR) is 58.1 cm³/mol. The third kappa shape index (κ3) is 1.04. The van der Waals surface area contributed by atoms with Crippen molar-refractivity contribution in [2.75, 3.05) is 0 Å². The Balaban J connectivity index is 2.16. The molecule has 0 aliphatic rings. The Labute approximate surface area is 81.6 Å². The van der Waals surface area contributed by atoms with Crippen LogP contribution in [-0.2, 0) is 0 Å². The van der Waals surface area contributed by atoms with Crippen LogP contribution in [0.15, 0.2) is 48.5 Å². The quantitative estimate of drug-likeness (QED) is 0.579. The minimum absolute atomic E-state index is 1.17. The third-order valence-electron chi connectivity index (χ3n) is 2.46. The maximum atomic E-state index is 3.05. The van der Waals surface area contributed by atoms with Gasteiger partial charge < -0.3 is 0 Å². The fourth-order valence-electron chi connectivity index (χ4n) is 1.64. The van der Waals surface area contributed by atoms with Crippen molar-refractivity contribution in [1.82, 2.24) is 10.2 Å². The molecule has 2 N–H and O–H groups in total. The van der Waals surface area contributed by atoms with E-state index in [4.69, 9.17) is 0 Å². The molecular weight excluding hydrogens is 172 g/mol. The van der Waals surface area contributed by atoms with Crippen molar-refractivity contribution in [3.63, 3.8) is 0 Å². The Bertz CT molecular complexity index is 546. The highest BCUT2D eigenvalue weighted by Gasteiger charge is 2.00. The molecule has 2 heteroatoms. The van der Waals surface area contributed by atoms with Gasteiger partial charge in [-0.25, -0.2) is 0 Å². The van der Waals surface area contributed by atoms with E-state index in [2.05, 4.69) is 52.7 Å². The molecule has 2 nitrogen and oxygen atoms in total. The molecule has 0 aliphatic heterocycles. The highest BCUT2D eigenvalue weighted by Crippen LogP contribution is 2.22. The molecule has 0 atom stereocenters. The topological polar surface area (TPSA) is 31.6 Å². The van der Waals surface area contributed by atoms with Gasteiger partial charge in [-0.15, -0.1) is 0 Å². The Morgan fingerprint density at radius 1 is 0.643 bits per heavy atom. The summed E-state index contributed by atoms with van der Waals surface area (Å²) in [6.07, 6.45) is 0. The average Bonchev–Trinajstić information content (AvgIpc) is 2.21. The summed E-state index contributed by atoms with van der Waals surface area (Å²) in [4.78, 5) is 0. The van der Waals surface area contributed by atoms with Crippen LogP contribution in [-0.4, -0.2) is 10.2 Å². The lowest BCUT2D eigenvalue weighted by molar-refractivity contribution is 1.07. The lowest BCUT2D eigenvalue weighted by atomic mass is 10.1. The van der Waals surface area contributed by atoms with E-state index in [-0.39, 0.29) is 0 Å². The van der Waals surface area contributed by atoms with E-state index >= 15 is 0 Å². The second kappa shape index (κ2) is 2.77. The zero-order valence-electron chi connectivity index (χ0n) is 7.62. The van der Waals surface area contributed by atoms with Crippen molar-refractivity contribution in [1.29, 1.82) is 0 Å². The molecule has 0 unspecified atom stereocenters. The lowest BCUT2D eigenvalue weighted by Crippen LogP contribution is -1.90. The minimum Gasteiger partial charge on any atom is -0.299 e. The van der Waals surface area contributed by atoms with Crippen LogP contribution in [0.3, 0.4) is 0 Å². The van der Waals surface area contributed by atoms with Gasteiger partial charge in [0.15, 0.2) is 0 Å². The summed E-state index contributed by atoms with van der Waals surface area (Å²) in [6.45, 7) is 0. The zero-order chi connectivity index (χ0) is 9.38. The van der Waals surface area contributed by atoms with Crippen molar-refractivity contribution in [3.05, 3.63) is 48.5 Å². The van der Waals surface area contributed by atoms with Crippen LogP contribution in [0.4, 0.5) is 0 Å². The number of benzene rings is 2. The van der Waals surface area contributed by atoms with Crippen LogP contribution in [0.5, 0.6) is 0 Å².